The monoisotopic (exact) mass is 302 g/mol. The van der Waals surface area contributed by atoms with Gasteiger partial charge in [0.1, 0.15) is 0 Å². The average Bonchev–Trinajstić information content (AvgIpc) is 2.42. The minimum Gasteiger partial charge on any atom is -0.381 e. The van der Waals surface area contributed by atoms with Gasteiger partial charge in [-0.1, -0.05) is 26.2 Å². The van der Waals surface area contributed by atoms with Crippen LogP contribution in [0.25, 0.3) is 0 Å². The summed E-state index contributed by atoms with van der Waals surface area (Å²) in [6.45, 7) is 12.9. The Hall–Kier alpha value is -0.120. The Balaban J connectivity index is 3.00. The molecule has 0 aliphatic carbocycles. The number of unbranched alkanes of at least 4 members (excludes halogenated alkanes) is 5. The van der Waals surface area contributed by atoms with Gasteiger partial charge in [0.25, 0.3) is 0 Å². The van der Waals surface area contributed by atoms with Gasteiger partial charge in [-0.3, -0.25) is 0 Å². The molecule has 0 aromatic heterocycles. The lowest BCUT2D eigenvalue weighted by Gasteiger charge is -2.19. The molecule has 0 amide bonds. The van der Waals surface area contributed by atoms with Gasteiger partial charge < -0.3 is 14.2 Å². The first-order chi connectivity index (χ1) is 10.1. The third-order valence-corrected chi connectivity index (χ3v) is 3.19. The van der Waals surface area contributed by atoms with E-state index >= 15 is 0 Å². The quantitative estimate of drug-likeness (QED) is 0.399. The van der Waals surface area contributed by atoms with Crippen molar-refractivity contribution < 1.29 is 14.2 Å². The highest BCUT2D eigenvalue weighted by Crippen LogP contribution is 2.07. The fraction of sp³-hybridized carbons (Fsp3) is 1.00. The van der Waals surface area contributed by atoms with Gasteiger partial charge in [-0.05, 0) is 52.9 Å². The van der Waals surface area contributed by atoms with E-state index in [-0.39, 0.29) is 5.60 Å². The van der Waals surface area contributed by atoms with Crippen LogP contribution in [0.4, 0.5) is 0 Å². The van der Waals surface area contributed by atoms with Crippen molar-refractivity contribution >= 4 is 0 Å². The molecule has 0 bridgehead atoms. The van der Waals surface area contributed by atoms with E-state index in [4.69, 9.17) is 14.2 Å². The van der Waals surface area contributed by atoms with E-state index in [1.54, 1.807) is 0 Å². The largest absolute Gasteiger partial charge is 0.381 e. The molecule has 128 valence electrons. The van der Waals surface area contributed by atoms with E-state index in [9.17, 15) is 0 Å². The predicted octanol–water partition coefficient (Wildman–Crippen LogP) is 4.98. The van der Waals surface area contributed by atoms with Crippen molar-refractivity contribution in [2.75, 3.05) is 33.0 Å². The van der Waals surface area contributed by atoms with Gasteiger partial charge in [0.05, 0.1) is 5.60 Å². The summed E-state index contributed by atoms with van der Waals surface area (Å²) in [5.74, 6) is 0. The van der Waals surface area contributed by atoms with Crippen LogP contribution in [0, 0.1) is 0 Å². The summed E-state index contributed by atoms with van der Waals surface area (Å²) >= 11 is 0. The molecule has 3 nitrogen and oxygen atoms in total. The highest BCUT2D eigenvalue weighted by atomic mass is 16.5. The summed E-state index contributed by atoms with van der Waals surface area (Å²) < 4.78 is 16.9. The van der Waals surface area contributed by atoms with Crippen molar-refractivity contribution in [3.05, 3.63) is 0 Å². The van der Waals surface area contributed by atoms with Gasteiger partial charge in [0, 0.05) is 33.0 Å². The summed E-state index contributed by atoms with van der Waals surface area (Å²) in [7, 11) is 0. The first-order valence-electron chi connectivity index (χ1n) is 8.85. The molecule has 0 unspecified atom stereocenters. The van der Waals surface area contributed by atoms with Crippen LogP contribution in [0.15, 0.2) is 0 Å². The van der Waals surface area contributed by atoms with E-state index in [0.717, 1.165) is 58.7 Å². The Morgan fingerprint density at radius 2 is 1.00 bits per heavy atom. The van der Waals surface area contributed by atoms with Gasteiger partial charge in [0.2, 0.25) is 0 Å². The van der Waals surface area contributed by atoms with E-state index in [1.807, 2.05) is 0 Å². The third-order valence-electron chi connectivity index (χ3n) is 3.19. The third kappa shape index (κ3) is 19.9. The van der Waals surface area contributed by atoms with Gasteiger partial charge in [-0.2, -0.15) is 0 Å². The highest BCUT2D eigenvalue weighted by molar-refractivity contribution is 4.58. The number of hydrogen-bond donors (Lipinski definition) is 0. The Bertz CT molecular complexity index is 199. The van der Waals surface area contributed by atoms with Crippen LogP contribution in [-0.2, 0) is 14.2 Å². The number of rotatable bonds is 15. The van der Waals surface area contributed by atoms with Crippen LogP contribution in [-0.4, -0.2) is 38.6 Å². The summed E-state index contributed by atoms with van der Waals surface area (Å²) in [6, 6.07) is 0. The fourth-order valence-electron chi connectivity index (χ4n) is 1.93. The van der Waals surface area contributed by atoms with Gasteiger partial charge in [-0.25, -0.2) is 0 Å². The molecule has 0 aromatic rings. The van der Waals surface area contributed by atoms with E-state index in [0.29, 0.717) is 0 Å². The molecule has 0 radical (unpaired) electrons. The molecule has 0 saturated heterocycles. The van der Waals surface area contributed by atoms with E-state index in [2.05, 4.69) is 27.7 Å². The summed E-state index contributed by atoms with van der Waals surface area (Å²) in [5.41, 5.74) is -0.0165. The van der Waals surface area contributed by atoms with E-state index in [1.165, 1.54) is 25.7 Å². The molecule has 0 saturated carbocycles. The molecule has 0 aliphatic heterocycles. The van der Waals surface area contributed by atoms with Crippen LogP contribution in [0.3, 0.4) is 0 Å². The first-order valence-corrected chi connectivity index (χ1v) is 8.85. The van der Waals surface area contributed by atoms with Crippen molar-refractivity contribution in [1.82, 2.24) is 0 Å². The zero-order valence-corrected chi connectivity index (χ0v) is 14.9. The molecule has 3 heteroatoms. The molecule has 0 heterocycles. The summed E-state index contributed by atoms with van der Waals surface area (Å²) in [5, 5.41) is 0. The fourth-order valence-corrected chi connectivity index (χ4v) is 1.93. The Morgan fingerprint density at radius 3 is 1.43 bits per heavy atom. The van der Waals surface area contributed by atoms with Crippen molar-refractivity contribution in [2.45, 2.75) is 84.7 Å². The molecule has 0 atom stereocenters. The Labute approximate surface area is 132 Å². The maximum atomic E-state index is 5.66. The zero-order chi connectivity index (χ0) is 15.8. The standard InChI is InChI=1S/C18H38O3/c1-5-6-7-8-13-19-14-9-10-15-20-16-11-12-17-21-18(2,3)4/h5-17H2,1-4H3. The number of ether oxygens (including phenoxy) is 3. The smallest absolute Gasteiger partial charge is 0.0598 e. The molecule has 0 aliphatic rings. The lowest BCUT2D eigenvalue weighted by molar-refractivity contribution is -0.00739. The molecule has 0 spiro atoms. The lowest BCUT2D eigenvalue weighted by atomic mass is 10.2. The number of hydrogen-bond acceptors (Lipinski definition) is 3. The zero-order valence-electron chi connectivity index (χ0n) is 14.9. The van der Waals surface area contributed by atoms with Crippen LogP contribution >= 0.6 is 0 Å². The average molecular weight is 302 g/mol. The summed E-state index contributed by atoms with van der Waals surface area (Å²) in [6.07, 6.45) is 9.52. The molecule has 0 fully saturated rings. The highest BCUT2D eigenvalue weighted by Gasteiger charge is 2.08. The normalized spacial score (nSPS) is 12.0. The second-order valence-electron chi connectivity index (χ2n) is 6.66. The molecular weight excluding hydrogens is 264 g/mol. The predicted molar refractivity (Wildman–Crippen MR) is 90.0 cm³/mol. The van der Waals surface area contributed by atoms with Crippen molar-refractivity contribution in [3.63, 3.8) is 0 Å². The SMILES string of the molecule is CCCCCCOCCCCOCCCCOC(C)(C)C. The lowest BCUT2D eigenvalue weighted by Crippen LogP contribution is -2.19. The van der Waals surface area contributed by atoms with Gasteiger partial charge in [0.15, 0.2) is 0 Å². The van der Waals surface area contributed by atoms with Crippen LogP contribution in [0.2, 0.25) is 0 Å². The van der Waals surface area contributed by atoms with Crippen LogP contribution < -0.4 is 0 Å². The second kappa shape index (κ2) is 14.8. The molecule has 21 heavy (non-hydrogen) atoms. The summed E-state index contributed by atoms with van der Waals surface area (Å²) in [4.78, 5) is 0. The van der Waals surface area contributed by atoms with Crippen LogP contribution in [0.1, 0.15) is 79.1 Å². The van der Waals surface area contributed by atoms with Crippen molar-refractivity contribution in [3.8, 4) is 0 Å². The van der Waals surface area contributed by atoms with Gasteiger partial charge in [-0.15, -0.1) is 0 Å². The van der Waals surface area contributed by atoms with E-state index < -0.39 is 0 Å². The van der Waals surface area contributed by atoms with Gasteiger partial charge >= 0.3 is 0 Å². The Morgan fingerprint density at radius 1 is 0.571 bits per heavy atom. The minimum absolute atomic E-state index is 0.0165. The molecule has 0 rings (SSSR count). The molecular formula is C18H38O3. The first kappa shape index (κ1) is 20.9. The maximum absolute atomic E-state index is 5.66. The molecule has 0 aromatic carbocycles. The second-order valence-corrected chi connectivity index (χ2v) is 6.66. The Kier molecular flexibility index (Phi) is 14.7. The maximum Gasteiger partial charge on any atom is 0.0598 e. The minimum atomic E-state index is -0.0165. The topological polar surface area (TPSA) is 27.7 Å². The van der Waals surface area contributed by atoms with Crippen LogP contribution in [0.5, 0.6) is 0 Å². The van der Waals surface area contributed by atoms with Crippen molar-refractivity contribution in [1.29, 1.82) is 0 Å². The van der Waals surface area contributed by atoms with Crippen molar-refractivity contribution in [2.24, 2.45) is 0 Å². The molecule has 0 N–H and O–H groups in total.